The van der Waals surface area contributed by atoms with Gasteiger partial charge >= 0.3 is 12.1 Å². The number of nitrogens with one attached hydrogen (secondary N) is 1. The number of benzene rings is 2. The van der Waals surface area contributed by atoms with Gasteiger partial charge in [0.1, 0.15) is 11.3 Å². The van der Waals surface area contributed by atoms with E-state index in [1.807, 2.05) is 0 Å². The van der Waals surface area contributed by atoms with Gasteiger partial charge in [0.25, 0.3) is 5.91 Å². The molecule has 2 aromatic rings. The predicted octanol–water partition coefficient (Wildman–Crippen LogP) is 3.39. The molecule has 1 aliphatic rings. The minimum Gasteiger partial charge on any atom is -0.482 e. The number of hydrogen-bond acceptors (Lipinski definition) is 5. The number of nitrogens with zero attached hydrogens (tertiary/aromatic N) is 1. The van der Waals surface area contributed by atoms with E-state index < -0.39 is 48.3 Å². The third kappa shape index (κ3) is 4.79. The van der Waals surface area contributed by atoms with Crippen molar-refractivity contribution in [2.75, 3.05) is 23.4 Å². The molecular weight excluding hydrogens is 417 g/mol. The number of carbonyl (C=O) groups is 3. The molecule has 31 heavy (non-hydrogen) atoms. The quantitative estimate of drug-likeness (QED) is 0.727. The largest absolute Gasteiger partial charge is 0.482 e. The number of amides is 2. The number of ether oxygens (including phenoxy) is 2. The fourth-order valence-corrected chi connectivity index (χ4v) is 3.05. The van der Waals surface area contributed by atoms with Gasteiger partial charge in [0.05, 0.1) is 16.9 Å². The number of esters is 1. The van der Waals surface area contributed by atoms with Gasteiger partial charge in [-0.1, -0.05) is 18.2 Å². The Bertz CT molecular complexity index is 1020. The Morgan fingerprint density at radius 3 is 2.48 bits per heavy atom. The Morgan fingerprint density at radius 1 is 1.06 bits per heavy atom. The minimum atomic E-state index is -4.55. The Morgan fingerprint density at radius 2 is 1.77 bits per heavy atom. The van der Waals surface area contributed by atoms with Crippen LogP contribution in [-0.4, -0.2) is 36.5 Å². The molecule has 0 aromatic heterocycles. The highest BCUT2D eigenvalue weighted by Crippen LogP contribution is 2.36. The molecule has 0 bridgehead atoms. The van der Waals surface area contributed by atoms with Gasteiger partial charge < -0.3 is 14.8 Å². The van der Waals surface area contributed by atoms with E-state index >= 15 is 0 Å². The van der Waals surface area contributed by atoms with Crippen molar-refractivity contribution in [1.82, 2.24) is 0 Å². The van der Waals surface area contributed by atoms with Crippen LogP contribution in [-0.2, 0) is 25.3 Å². The van der Waals surface area contributed by atoms with Crippen molar-refractivity contribution in [3.05, 3.63) is 54.1 Å². The normalized spacial score (nSPS) is 15.0. The van der Waals surface area contributed by atoms with Crippen LogP contribution in [0.3, 0.4) is 0 Å². The first-order chi connectivity index (χ1) is 14.5. The van der Waals surface area contributed by atoms with E-state index in [1.54, 1.807) is 38.1 Å². The average Bonchev–Trinajstić information content (AvgIpc) is 2.71. The fraction of sp³-hybridized carbons (Fsp3) is 0.286. The van der Waals surface area contributed by atoms with E-state index in [4.69, 9.17) is 9.47 Å². The maximum absolute atomic E-state index is 12.8. The number of carbonyl (C=O) groups excluding carboxylic acids is 3. The van der Waals surface area contributed by atoms with Crippen molar-refractivity contribution in [1.29, 1.82) is 0 Å². The van der Waals surface area contributed by atoms with Crippen LogP contribution < -0.4 is 15.0 Å². The Kier molecular flexibility index (Phi) is 5.92. The summed E-state index contributed by atoms with van der Waals surface area (Å²) in [6.45, 7) is 1.74. The number of alkyl halides is 3. The summed E-state index contributed by atoms with van der Waals surface area (Å²) < 4.78 is 48.1. The van der Waals surface area contributed by atoms with E-state index in [-0.39, 0.29) is 5.75 Å². The van der Waals surface area contributed by atoms with Crippen molar-refractivity contribution in [3.8, 4) is 5.75 Å². The Labute approximate surface area is 175 Å². The van der Waals surface area contributed by atoms with Gasteiger partial charge in [0.2, 0.25) is 5.91 Å². The third-order valence-electron chi connectivity index (χ3n) is 4.63. The highest BCUT2D eigenvalue weighted by Gasteiger charge is 2.43. The molecule has 2 amide bonds. The molecule has 0 aliphatic carbocycles. The molecule has 1 aliphatic heterocycles. The van der Waals surface area contributed by atoms with Crippen LogP contribution in [0.5, 0.6) is 5.75 Å². The van der Waals surface area contributed by atoms with Crippen molar-refractivity contribution in [2.45, 2.75) is 25.6 Å². The molecule has 2 aromatic carbocycles. The lowest BCUT2D eigenvalue weighted by atomic mass is 9.96. The van der Waals surface area contributed by atoms with Gasteiger partial charge in [-0.3, -0.25) is 14.5 Å². The maximum atomic E-state index is 12.8. The van der Waals surface area contributed by atoms with Crippen molar-refractivity contribution < 1.29 is 37.0 Å². The molecule has 0 radical (unpaired) electrons. The molecular formula is C21H19F3N2O5. The number of para-hydroxylation sites is 2. The van der Waals surface area contributed by atoms with Crippen LogP contribution >= 0.6 is 0 Å². The summed E-state index contributed by atoms with van der Waals surface area (Å²) in [5.74, 6) is -2.15. The summed E-state index contributed by atoms with van der Waals surface area (Å²) in [7, 11) is 0. The highest BCUT2D eigenvalue weighted by atomic mass is 19.4. The molecule has 0 saturated heterocycles. The van der Waals surface area contributed by atoms with Crippen LogP contribution in [0.25, 0.3) is 0 Å². The number of halogens is 3. The van der Waals surface area contributed by atoms with Crippen molar-refractivity contribution >= 4 is 29.2 Å². The first kappa shape index (κ1) is 22.1. The number of rotatable bonds is 5. The summed E-state index contributed by atoms with van der Waals surface area (Å²) in [6.07, 6.45) is -4.55. The Hall–Kier alpha value is -3.56. The van der Waals surface area contributed by atoms with E-state index in [0.717, 1.165) is 18.2 Å². The number of anilines is 2. The van der Waals surface area contributed by atoms with E-state index in [0.29, 0.717) is 11.4 Å². The van der Waals surface area contributed by atoms with Crippen LogP contribution in [0.15, 0.2) is 48.5 Å². The summed E-state index contributed by atoms with van der Waals surface area (Å²) in [4.78, 5) is 38.3. The second-order valence-corrected chi connectivity index (χ2v) is 7.23. The molecule has 1 heterocycles. The van der Waals surface area contributed by atoms with E-state index in [2.05, 4.69) is 5.32 Å². The summed E-state index contributed by atoms with van der Waals surface area (Å²) in [5.41, 5.74) is -1.25. The van der Waals surface area contributed by atoms with Crippen LogP contribution in [0.4, 0.5) is 24.5 Å². The smallest absolute Gasteiger partial charge is 0.416 e. The minimum absolute atomic E-state index is 0.166. The van der Waals surface area contributed by atoms with Gasteiger partial charge in [-0.15, -0.1) is 0 Å². The highest BCUT2D eigenvalue weighted by molar-refractivity contribution is 6.14. The zero-order valence-corrected chi connectivity index (χ0v) is 16.7. The third-order valence-corrected chi connectivity index (χ3v) is 4.63. The lowest BCUT2D eigenvalue weighted by molar-refractivity contribution is -0.150. The molecule has 0 fully saturated rings. The van der Waals surface area contributed by atoms with Gasteiger partial charge in [0, 0.05) is 0 Å². The van der Waals surface area contributed by atoms with Crippen LogP contribution in [0.2, 0.25) is 0 Å². The topological polar surface area (TPSA) is 84.9 Å². The van der Waals surface area contributed by atoms with Crippen LogP contribution in [0, 0.1) is 0 Å². The van der Waals surface area contributed by atoms with E-state index in [1.165, 1.54) is 11.0 Å². The van der Waals surface area contributed by atoms with Gasteiger partial charge in [0.15, 0.2) is 13.2 Å². The van der Waals surface area contributed by atoms with Crippen LogP contribution in [0.1, 0.15) is 19.4 Å². The summed E-state index contributed by atoms with van der Waals surface area (Å²) in [5, 5.41) is 2.71. The van der Waals surface area contributed by atoms with Crippen molar-refractivity contribution in [3.63, 3.8) is 0 Å². The maximum Gasteiger partial charge on any atom is 0.416 e. The van der Waals surface area contributed by atoms with Gasteiger partial charge in [-0.05, 0) is 44.2 Å². The monoisotopic (exact) mass is 436 g/mol. The average molecular weight is 436 g/mol. The van der Waals surface area contributed by atoms with Gasteiger partial charge in [-0.2, -0.15) is 13.2 Å². The molecule has 10 heteroatoms. The van der Waals surface area contributed by atoms with E-state index in [9.17, 15) is 27.6 Å². The van der Waals surface area contributed by atoms with Crippen molar-refractivity contribution in [2.24, 2.45) is 0 Å². The number of fused-ring (bicyclic) bond motifs is 1. The lowest BCUT2D eigenvalue weighted by Gasteiger charge is -2.41. The number of hydrogen-bond donors (Lipinski definition) is 1. The molecule has 0 spiro atoms. The molecule has 1 N–H and O–H groups in total. The molecule has 0 unspecified atom stereocenters. The Balaban J connectivity index is 1.62. The first-order valence-electron chi connectivity index (χ1n) is 9.19. The summed E-state index contributed by atoms with van der Waals surface area (Å²) in [6, 6.07) is 10.7. The fourth-order valence-electron chi connectivity index (χ4n) is 3.05. The second kappa shape index (κ2) is 8.29. The zero-order valence-electron chi connectivity index (χ0n) is 16.7. The zero-order chi connectivity index (χ0) is 22.8. The molecule has 7 nitrogen and oxygen atoms in total. The molecule has 0 saturated carbocycles. The lowest BCUT2D eigenvalue weighted by Crippen LogP contribution is -2.59. The predicted molar refractivity (Wildman–Crippen MR) is 105 cm³/mol. The molecule has 164 valence electrons. The first-order valence-corrected chi connectivity index (χ1v) is 9.19. The standard InChI is InChI=1S/C21H19F3N2O5/c1-20(2)19(29)25-15-8-3-4-9-16(15)26(20)17(27)11-31-18(28)12-30-14-7-5-6-13(10-14)21(22,23)24/h3-10H,11-12H2,1-2H3,(H,25,29). The van der Waals surface area contributed by atoms with Gasteiger partial charge in [-0.25, -0.2) is 4.79 Å². The summed E-state index contributed by atoms with van der Waals surface area (Å²) >= 11 is 0. The SMILES string of the molecule is CC1(C)C(=O)Nc2ccccc2N1C(=O)COC(=O)COc1cccc(C(F)(F)F)c1. The molecule has 3 rings (SSSR count). The second-order valence-electron chi connectivity index (χ2n) is 7.23. The molecule has 0 atom stereocenters.